The molecule has 0 radical (unpaired) electrons. The Morgan fingerprint density at radius 2 is 2.04 bits per heavy atom. The minimum Gasteiger partial charge on any atom is -0.496 e. The first-order valence-electron chi connectivity index (χ1n) is 7.36. The predicted molar refractivity (Wildman–Crippen MR) is 78.3 cm³/mol. The van der Waals surface area contributed by atoms with E-state index in [1.165, 1.54) is 13.2 Å². The van der Waals surface area contributed by atoms with Gasteiger partial charge in [-0.05, 0) is 30.0 Å². The van der Waals surface area contributed by atoms with Crippen molar-refractivity contribution >= 4 is 5.91 Å². The third kappa shape index (κ3) is 4.37. The number of alkyl halides is 3. The van der Waals surface area contributed by atoms with Crippen molar-refractivity contribution in [3.63, 3.8) is 0 Å². The fraction of sp³-hybridized carbons (Fsp3) is 0.562. The first kappa shape index (κ1) is 17.6. The number of amides is 1. The fourth-order valence-electron chi connectivity index (χ4n) is 2.85. The van der Waals surface area contributed by atoms with Gasteiger partial charge in [0.2, 0.25) is 5.91 Å². The van der Waals surface area contributed by atoms with Crippen LogP contribution >= 0.6 is 0 Å². The number of nitrogens with zero attached hydrogens (tertiary/aromatic N) is 1. The molecule has 1 amide bonds. The Labute approximate surface area is 133 Å². The Morgan fingerprint density at radius 1 is 1.30 bits per heavy atom. The lowest BCUT2D eigenvalue weighted by Gasteiger charge is -2.17. The molecule has 0 bridgehead atoms. The van der Waals surface area contributed by atoms with Crippen molar-refractivity contribution in [2.24, 2.45) is 5.92 Å². The normalized spacial score (nSPS) is 18.6. The van der Waals surface area contributed by atoms with Gasteiger partial charge in [-0.25, -0.2) is 0 Å². The van der Waals surface area contributed by atoms with Crippen LogP contribution in [0.3, 0.4) is 0 Å². The quantitative estimate of drug-likeness (QED) is 0.805. The van der Waals surface area contributed by atoms with E-state index >= 15 is 0 Å². The molecule has 0 aromatic heterocycles. The number of hydrogen-bond donors (Lipinski definition) is 0. The number of hydrogen-bond acceptors (Lipinski definition) is 3. The monoisotopic (exact) mass is 331 g/mol. The smallest absolute Gasteiger partial charge is 0.419 e. The zero-order valence-electron chi connectivity index (χ0n) is 13.2. The second-order valence-corrected chi connectivity index (χ2v) is 5.64. The van der Waals surface area contributed by atoms with Crippen molar-refractivity contribution in [3.8, 4) is 5.75 Å². The Hall–Kier alpha value is -1.76. The molecule has 1 saturated heterocycles. The lowest BCUT2D eigenvalue weighted by Crippen LogP contribution is -2.28. The van der Waals surface area contributed by atoms with Crippen LogP contribution in [0, 0.1) is 5.92 Å². The third-order valence-corrected chi connectivity index (χ3v) is 3.95. The SMILES string of the molecule is COCCN1CC(Cc2ccc(OC)c(C(F)(F)F)c2)CC1=O. The summed E-state index contributed by atoms with van der Waals surface area (Å²) >= 11 is 0. The van der Waals surface area contributed by atoms with Crippen molar-refractivity contribution in [1.29, 1.82) is 0 Å². The maximum Gasteiger partial charge on any atom is 0.419 e. The molecule has 7 heteroatoms. The van der Waals surface area contributed by atoms with E-state index in [9.17, 15) is 18.0 Å². The van der Waals surface area contributed by atoms with Crippen LogP contribution in [0.15, 0.2) is 18.2 Å². The van der Waals surface area contributed by atoms with E-state index in [0.717, 1.165) is 6.07 Å². The van der Waals surface area contributed by atoms with Crippen molar-refractivity contribution in [1.82, 2.24) is 4.90 Å². The second-order valence-electron chi connectivity index (χ2n) is 5.64. The topological polar surface area (TPSA) is 38.8 Å². The van der Waals surface area contributed by atoms with E-state index in [1.807, 2.05) is 0 Å². The maximum absolute atomic E-state index is 13.0. The van der Waals surface area contributed by atoms with Gasteiger partial charge in [0, 0.05) is 26.6 Å². The minimum absolute atomic E-state index is 0.0221. The highest BCUT2D eigenvalue weighted by Crippen LogP contribution is 2.37. The van der Waals surface area contributed by atoms with Crippen molar-refractivity contribution < 1.29 is 27.4 Å². The number of carbonyl (C=O) groups excluding carboxylic acids is 1. The molecule has 1 unspecified atom stereocenters. The molecular formula is C16H20F3NO3. The lowest BCUT2D eigenvalue weighted by molar-refractivity contribution is -0.138. The first-order valence-corrected chi connectivity index (χ1v) is 7.36. The molecule has 2 rings (SSSR count). The summed E-state index contributed by atoms with van der Waals surface area (Å²) in [6.07, 6.45) is -3.67. The highest BCUT2D eigenvalue weighted by Gasteiger charge is 2.35. The molecule has 1 atom stereocenters. The van der Waals surface area contributed by atoms with Gasteiger partial charge in [0.25, 0.3) is 0 Å². The molecular weight excluding hydrogens is 311 g/mol. The van der Waals surface area contributed by atoms with E-state index in [4.69, 9.17) is 9.47 Å². The van der Waals surface area contributed by atoms with Crippen LogP contribution in [-0.4, -0.2) is 44.7 Å². The Bertz CT molecular complexity index is 560. The molecule has 1 aliphatic rings. The number of ether oxygens (including phenoxy) is 2. The number of benzene rings is 1. The van der Waals surface area contributed by atoms with Gasteiger partial charge in [-0.2, -0.15) is 13.2 Å². The Balaban J connectivity index is 2.08. The Morgan fingerprint density at radius 3 is 2.65 bits per heavy atom. The summed E-state index contributed by atoms with van der Waals surface area (Å²) < 4.78 is 48.8. The van der Waals surface area contributed by atoms with Gasteiger partial charge in [-0.1, -0.05) is 6.07 Å². The molecule has 1 heterocycles. The van der Waals surface area contributed by atoms with Crippen LogP contribution < -0.4 is 4.74 Å². The molecule has 0 N–H and O–H groups in total. The van der Waals surface area contributed by atoms with Gasteiger partial charge in [0.1, 0.15) is 5.75 Å². The number of carbonyl (C=O) groups is 1. The van der Waals surface area contributed by atoms with Gasteiger partial charge >= 0.3 is 6.18 Å². The number of methoxy groups -OCH3 is 2. The molecule has 128 valence electrons. The molecule has 23 heavy (non-hydrogen) atoms. The first-order chi connectivity index (χ1) is 10.8. The molecule has 1 aromatic rings. The average molecular weight is 331 g/mol. The van der Waals surface area contributed by atoms with Gasteiger partial charge in [-0.15, -0.1) is 0 Å². The molecule has 1 aliphatic heterocycles. The molecule has 0 spiro atoms. The van der Waals surface area contributed by atoms with Crippen LogP contribution in [0.2, 0.25) is 0 Å². The zero-order valence-corrected chi connectivity index (χ0v) is 13.2. The average Bonchev–Trinajstić information content (AvgIpc) is 2.84. The summed E-state index contributed by atoms with van der Waals surface area (Å²) in [5.74, 6) is -0.143. The van der Waals surface area contributed by atoms with Crippen LogP contribution in [0.5, 0.6) is 5.75 Å². The summed E-state index contributed by atoms with van der Waals surface area (Å²) in [6, 6.07) is 4.06. The van der Waals surface area contributed by atoms with Gasteiger partial charge < -0.3 is 14.4 Å². The predicted octanol–water partition coefficient (Wildman–Crippen LogP) is 2.75. The van der Waals surface area contributed by atoms with E-state index in [2.05, 4.69) is 0 Å². The van der Waals surface area contributed by atoms with E-state index < -0.39 is 11.7 Å². The van der Waals surface area contributed by atoms with Crippen LogP contribution in [0.4, 0.5) is 13.2 Å². The molecule has 1 fully saturated rings. The fourth-order valence-corrected chi connectivity index (χ4v) is 2.85. The van der Waals surface area contributed by atoms with Crippen molar-refractivity contribution in [2.45, 2.75) is 19.0 Å². The summed E-state index contributed by atoms with van der Waals surface area (Å²) in [5, 5.41) is 0. The summed E-state index contributed by atoms with van der Waals surface area (Å²) in [6.45, 7) is 1.52. The van der Waals surface area contributed by atoms with Gasteiger partial charge in [0.15, 0.2) is 0 Å². The Kier molecular flexibility index (Phi) is 5.51. The van der Waals surface area contributed by atoms with Crippen LogP contribution in [-0.2, 0) is 22.1 Å². The standard InChI is InChI=1S/C16H20F3NO3/c1-22-6-5-20-10-12(9-15(20)21)7-11-3-4-14(23-2)13(8-11)16(17,18)19/h3-4,8,12H,5-7,9-10H2,1-2H3. The summed E-state index contributed by atoms with van der Waals surface area (Å²) in [7, 11) is 2.78. The van der Waals surface area contributed by atoms with Crippen LogP contribution in [0.25, 0.3) is 0 Å². The van der Waals surface area contributed by atoms with E-state index in [0.29, 0.717) is 38.1 Å². The highest BCUT2D eigenvalue weighted by atomic mass is 19.4. The largest absolute Gasteiger partial charge is 0.496 e. The summed E-state index contributed by atoms with van der Waals surface area (Å²) in [5.41, 5.74) is -0.220. The number of halogens is 3. The van der Waals surface area contributed by atoms with Gasteiger partial charge in [0.05, 0.1) is 19.3 Å². The van der Waals surface area contributed by atoms with Crippen molar-refractivity contribution in [3.05, 3.63) is 29.3 Å². The molecule has 1 aromatic carbocycles. The van der Waals surface area contributed by atoms with Crippen LogP contribution in [0.1, 0.15) is 17.5 Å². The van der Waals surface area contributed by atoms with Gasteiger partial charge in [-0.3, -0.25) is 4.79 Å². The minimum atomic E-state index is -4.46. The molecule has 4 nitrogen and oxygen atoms in total. The van der Waals surface area contributed by atoms with E-state index in [-0.39, 0.29) is 17.6 Å². The molecule has 0 saturated carbocycles. The number of rotatable bonds is 6. The highest BCUT2D eigenvalue weighted by molar-refractivity contribution is 5.78. The third-order valence-electron chi connectivity index (χ3n) is 3.95. The lowest BCUT2D eigenvalue weighted by atomic mass is 9.97. The van der Waals surface area contributed by atoms with Crippen molar-refractivity contribution in [2.75, 3.05) is 33.9 Å². The second kappa shape index (κ2) is 7.21. The zero-order chi connectivity index (χ0) is 17.0. The molecule has 0 aliphatic carbocycles. The van der Waals surface area contributed by atoms with E-state index in [1.54, 1.807) is 18.1 Å². The number of likely N-dealkylation sites (tertiary alicyclic amines) is 1. The summed E-state index contributed by atoms with van der Waals surface area (Å²) in [4.78, 5) is 13.6. The maximum atomic E-state index is 13.0.